The molecule has 0 saturated carbocycles. The molecule has 4 nitrogen and oxygen atoms in total. The molecule has 0 aliphatic rings. The van der Waals surface area contributed by atoms with E-state index < -0.39 is 0 Å². The molecule has 0 amide bonds. The van der Waals surface area contributed by atoms with Crippen LogP contribution in [0.15, 0.2) is 101 Å². The minimum absolute atomic E-state index is 0.237. The van der Waals surface area contributed by atoms with Gasteiger partial charge in [-0.25, -0.2) is 0 Å². The molecule has 1 aromatic heterocycles. The number of nitrogens with zero attached hydrogens (tertiary/aromatic N) is 3. The van der Waals surface area contributed by atoms with Crippen molar-refractivity contribution in [3.63, 3.8) is 0 Å². The normalized spacial score (nSPS) is 11.9. The molecule has 1 N–H and O–H groups in total. The number of phenolic OH excluding ortho intramolecular Hbond substituents is 1. The third-order valence-electron chi connectivity index (χ3n) is 4.29. The summed E-state index contributed by atoms with van der Waals surface area (Å²) in [4.78, 5) is 0.831. The molecule has 0 spiro atoms. The van der Waals surface area contributed by atoms with Crippen LogP contribution < -0.4 is 4.80 Å². The summed E-state index contributed by atoms with van der Waals surface area (Å²) >= 11 is 1.57. The minimum atomic E-state index is 0.237. The third kappa shape index (κ3) is 4.27. The average Bonchev–Trinajstić information content (AvgIpc) is 3.13. The first-order valence-corrected chi connectivity index (χ1v) is 9.81. The zero-order valence-corrected chi connectivity index (χ0v) is 16.0. The molecular formula is C23H19N3OS. The summed E-state index contributed by atoms with van der Waals surface area (Å²) in [6.45, 7) is 0.724. The van der Waals surface area contributed by atoms with Crippen molar-refractivity contribution in [1.82, 2.24) is 4.57 Å². The zero-order valence-electron chi connectivity index (χ0n) is 15.1. The van der Waals surface area contributed by atoms with Gasteiger partial charge in [0.25, 0.3) is 0 Å². The van der Waals surface area contributed by atoms with E-state index in [2.05, 4.69) is 44.4 Å². The SMILES string of the molecule is Oc1ccc(/C=N/N=c2/scc(-c3ccccc3)n2Cc2ccccc2)cc1. The fourth-order valence-corrected chi connectivity index (χ4v) is 3.74. The number of aromatic nitrogens is 1. The summed E-state index contributed by atoms with van der Waals surface area (Å²) in [7, 11) is 0. The molecule has 4 aromatic rings. The van der Waals surface area contributed by atoms with Crippen molar-refractivity contribution < 1.29 is 5.11 Å². The van der Waals surface area contributed by atoms with E-state index >= 15 is 0 Å². The van der Waals surface area contributed by atoms with E-state index in [1.807, 2.05) is 36.4 Å². The van der Waals surface area contributed by atoms with Crippen LogP contribution in [-0.4, -0.2) is 15.9 Å². The van der Waals surface area contributed by atoms with Crippen molar-refractivity contribution in [3.8, 4) is 17.0 Å². The topological polar surface area (TPSA) is 49.9 Å². The molecule has 138 valence electrons. The van der Waals surface area contributed by atoms with Gasteiger partial charge >= 0.3 is 0 Å². The first-order valence-electron chi connectivity index (χ1n) is 8.93. The van der Waals surface area contributed by atoms with Gasteiger partial charge in [-0.15, -0.1) is 16.4 Å². The molecule has 3 aromatic carbocycles. The molecule has 28 heavy (non-hydrogen) atoms. The van der Waals surface area contributed by atoms with Crippen molar-refractivity contribution in [2.24, 2.45) is 10.2 Å². The minimum Gasteiger partial charge on any atom is -0.508 e. The van der Waals surface area contributed by atoms with Crippen LogP contribution >= 0.6 is 11.3 Å². The molecule has 1 heterocycles. The summed E-state index contributed by atoms with van der Waals surface area (Å²) in [5.41, 5.74) is 4.37. The van der Waals surface area contributed by atoms with Crippen molar-refractivity contribution >= 4 is 17.6 Å². The number of thiazole rings is 1. The van der Waals surface area contributed by atoms with E-state index in [0.29, 0.717) is 0 Å². The monoisotopic (exact) mass is 385 g/mol. The Bertz CT molecular complexity index is 1130. The summed E-state index contributed by atoms with van der Waals surface area (Å²) in [5, 5.41) is 20.2. The predicted octanol–water partition coefficient (Wildman–Crippen LogP) is 4.91. The summed E-state index contributed by atoms with van der Waals surface area (Å²) in [6, 6.07) is 27.5. The van der Waals surface area contributed by atoms with Crippen LogP contribution in [0.2, 0.25) is 0 Å². The van der Waals surface area contributed by atoms with Crippen LogP contribution in [0, 0.1) is 0 Å². The van der Waals surface area contributed by atoms with E-state index in [0.717, 1.165) is 28.2 Å². The van der Waals surface area contributed by atoms with Crippen molar-refractivity contribution in [2.45, 2.75) is 6.54 Å². The zero-order chi connectivity index (χ0) is 19.2. The van der Waals surface area contributed by atoms with Gasteiger partial charge in [0, 0.05) is 5.38 Å². The highest BCUT2D eigenvalue weighted by molar-refractivity contribution is 7.07. The van der Waals surface area contributed by atoms with Gasteiger partial charge in [-0.2, -0.15) is 5.10 Å². The van der Waals surface area contributed by atoms with Crippen LogP contribution in [-0.2, 0) is 6.54 Å². The van der Waals surface area contributed by atoms with Gasteiger partial charge in [-0.05, 0) is 41.0 Å². The molecule has 0 aliphatic carbocycles. The lowest BCUT2D eigenvalue weighted by atomic mass is 10.1. The highest BCUT2D eigenvalue weighted by Gasteiger charge is 2.08. The second kappa shape index (κ2) is 8.50. The molecule has 4 rings (SSSR count). The van der Waals surface area contributed by atoms with E-state index in [1.165, 1.54) is 5.56 Å². The van der Waals surface area contributed by atoms with Crippen LogP contribution in [0.4, 0.5) is 0 Å². The Kier molecular flexibility index (Phi) is 5.45. The van der Waals surface area contributed by atoms with E-state index in [-0.39, 0.29) is 5.75 Å². The first kappa shape index (κ1) is 17.9. The maximum absolute atomic E-state index is 9.38. The van der Waals surface area contributed by atoms with Gasteiger partial charge in [0.1, 0.15) is 5.75 Å². The van der Waals surface area contributed by atoms with Gasteiger partial charge in [-0.1, -0.05) is 60.7 Å². The maximum Gasteiger partial charge on any atom is 0.211 e. The smallest absolute Gasteiger partial charge is 0.211 e. The van der Waals surface area contributed by atoms with Crippen LogP contribution in [0.25, 0.3) is 11.3 Å². The van der Waals surface area contributed by atoms with Gasteiger partial charge in [0.05, 0.1) is 18.5 Å². The van der Waals surface area contributed by atoms with E-state index in [1.54, 1.807) is 41.8 Å². The highest BCUT2D eigenvalue weighted by atomic mass is 32.1. The Balaban J connectivity index is 1.72. The highest BCUT2D eigenvalue weighted by Crippen LogP contribution is 2.20. The number of hydrogen-bond acceptors (Lipinski definition) is 4. The van der Waals surface area contributed by atoms with Gasteiger partial charge in [-0.3, -0.25) is 0 Å². The molecule has 0 unspecified atom stereocenters. The predicted molar refractivity (Wildman–Crippen MR) is 115 cm³/mol. The summed E-state index contributed by atoms with van der Waals surface area (Å²) < 4.78 is 2.18. The Hall–Kier alpha value is -3.44. The van der Waals surface area contributed by atoms with Gasteiger partial charge < -0.3 is 9.67 Å². The molecule has 0 saturated heterocycles. The molecular weight excluding hydrogens is 366 g/mol. The van der Waals surface area contributed by atoms with Gasteiger partial charge in [0.15, 0.2) is 0 Å². The van der Waals surface area contributed by atoms with Crippen molar-refractivity contribution in [1.29, 1.82) is 0 Å². The molecule has 0 aliphatic heterocycles. The number of rotatable bonds is 5. The fraction of sp³-hybridized carbons (Fsp3) is 0.0435. The lowest BCUT2D eigenvalue weighted by Crippen LogP contribution is -2.16. The Morgan fingerprint density at radius 1 is 0.857 bits per heavy atom. The molecule has 0 atom stereocenters. The van der Waals surface area contributed by atoms with Crippen LogP contribution in [0.3, 0.4) is 0 Å². The van der Waals surface area contributed by atoms with Crippen LogP contribution in [0.1, 0.15) is 11.1 Å². The molecule has 5 heteroatoms. The van der Waals surface area contributed by atoms with Crippen molar-refractivity contribution in [2.75, 3.05) is 0 Å². The Morgan fingerprint density at radius 2 is 1.54 bits per heavy atom. The van der Waals surface area contributed by atoms with Crippen LogP contribution in [0.5, 0.6) is 5.75 Å². The standard InChI is InChI=1S/C23H19N3OS/c27-21-13-11-18(12-14-21)15-24-25-23-26(16-19-7-3-1-4-8-19)22(17-28-23)20-9-5-2-6-10-20/h1-15,17,27H,16H2/b24-15+,25-23+. The number of benzene rings is 3. The van der Waals surface area contributed by atoms with Crippen molar-refractivity contribution in [3.05, 3.63) is 106 Å². The fourth-order valence-electron chi connectivity index (χ4n) is 2.87. The first-order chi connectivity index (χ1) is 13.8. The third-order valence-corrected chi connectivity index (χ3v) is 5.15. The Labute approximate surface area is 167 Å². The number of phenols is 1. The summed E-state index contributed by atoms with van der Waals surface area (Å²) in [6.07, 6.45) is 1.69. The average molecular weight is 385 g/mol. The number of hydrogen-bond donors (Lipinski definition) is 1. The Morgan fingerprint density at radius 3 is 2.25 bits per heavy atom. The van der Waals surface area contributed by atoms with E-state index in [9.17, 15) is 5.11 Å². The molecule has 0 fully saturated rings. The maximum atomic E-state index is 9.38. The molecule has 0 bridgehead atoms. The molecule has 0 radical (unpaired) electrons. The second-order valence-corrected chi connectivity index (χ2v) is 7.11. The lowest BCUT2D eigenvalue weighted by molar-refractivity contribution is 0.475. The summed E-state index contributed by atoms with van der Waals surface area (Å²) in [5.74, 6) is 0.237. The quantitative estimate of drug-likeness (QED) is 0.385. The van der Waals surface area contributed by atoms with Gasteiger partial charge in [0.2, 0.25) is 4.80 Å². The number of aromatic hydroxyl groups is 1. The second-order valence-electron chi connectivity index (χ2n) is 6.28. The lowest BCUT2D eigenvalue weighted by Gasteiger charge is -2.09. The van der Waals surface area contributed by atoms with E-state index in [4.69, 9.17) is 0 Å². The largest absolute Gasteiger partial charge is 0.508 e.